The van der Waals surface area contributed by atoms with Gasteiger partial charge in [-0.3, -0.25) is 9.59 Å². The molecular weight excluding hydrogens is 288 g/mol. The highest BCUT2D eigenvalue weighted by Gasteiger charge is 2.19. The molecule has 7 nitrogen and oxygen atoms in total. The first-order valence-corrected chi connectivity index (χ1v) is 6.78. The van der Waals surface area contributed by atoms with Gasteiger partial charge < -0.3 is 14.7 Å². The molecular formula is C15H20N2O5. The molecule has 7 heteroatoms. The van der Waals surface area contributed by atoms with E-state index in [-0.39, 0.29) is 24.4 Å². The number of nitrogens with zero attached hydrogens (tertiary/aromatic N) is 2. The number of esters is 1. The minimum absolute atomic E-state index is 0.0200. The predicted octanol–water partition coefficient (Wildman–Crippen LogP) is 1.58. The summed E-state index contributed by atoms with van der Waals surface area (Å²) in [6.07, 6.45) is 0.0537. The Labute approximate surface area is 128 Å². The molecule has 1 N–H and O–H groups in total. The molecule has 1 amide bonds. The SMILES string of the molecule is CN(CCC(=O)OC(C)(C)C)C(=O)c1cccc(C(=O)O)n1. The van der Waals surface area contributed by atoms with Gasteiger partial charge in [0.15, 0.2) is 0 Å². The molecule has 1 heterocycles. The number of hydrogen-bond donors (Lipinski definition) is 1. The summed E-state index contributed by atoms with van der Waals surface area (Å²) in [4.78, 5) is 39.7. The number of rotatable bonds is 5. The second-order valence-corrected chi connectivity index (χ2v) is 5.78. The number of ether oxygens (including phenoxy) is 1. The second-order valence-electron chi connectivity index (χ2n) is 5.78. The zero-order chi connectivity index (χ0) is 16.9. The zero-order valence-corrected chi connectivity index (χ0v) is 13.1. The molecule has 0 saturated heterocycles. The maximum atomic E-state index is 12.1. The predicted molar refractivity (Wildman–Crippen MR) is 78.6 cm³/mol. The first-order valence-electron chi connectivity index (χ1n) is 6.78. The summed E-state index contributed by atoms with van der Waals surface area (Å²) in [6.45, 7) is 5.45. The van der Waals surface area contributed by atoms with E-state index in [2.05, 4.69) is 4.98 Å². The van der Waals surface area contributed by atoms with Crippen molar-refractivity contribution in [1.29, 1.82) is 0 Å². The summed E-state index contributed by atoms with van der Waals surface area (Å²) < 4.78 is 5.15. The number of carbonyl (C=O) groups excluding carboxylic acids is 2. The Bertz CT molecular complexity index is 578. The highest BCUT2D eigenvalue weighted by atomic mass is 16.6. The van der Waals surface area contributed by atoms with Gasteiger partial charge in [-0.1, -0.05) is 6.07 Å². The van der Waals surface area contributed by atoms with E-state index in [0.29, 0.717) is 0 Å². The van der Waals surface area contributed by atoms with Crippen molar-refractivity contribution in [3.8, 4) is 0 Å². The number of carboxylic acid groups (broad SMARTS) is 1. The van der Waals surface area contributed by atoms with Gasteiger partial charge >= 0.3 is 11.9 Å². The molecule has 0 unspecified atom stereocenters. The summed E-state index contributed by atoms with van der Waals surface area (Å²) in [5.74, 6) is -2.06. The van der Waals surface area contributed by atoms with E-state index in [0.717, 1.165) is 0 Å². The molecule has 22 heavy (non-hydrogen) atoms. The third kappa shape index (κ3) is 5.51. The fourth-order valence-electron chi connectivity index (χ4n) is 1.62. The molecule has 120 valence electrons. The topological polar surface area (TPSA) is 96.8 Å². The lowest BCUT2D eigenvalue weighted by molar-refractivity contribution is -0.154. The average Bonchev–Trinajstić information content (AvgIpc) is 2.42. The van der Waals surface area contributed by atoms with Crippen molar-refractivity contribution in [3.05, 3.63) is 29.6 Å². The fraction of sp³-hybridized carbons (Fsp3) is 0.467. The minimum Gasteiger partial charge on any atom is -0.477 e. The normalized spacial score (nSPS) is 10.9. The van der Waals surface area contributed by atoms with Crippen molar-refractivity contribution in [2.75, 3.05) is 13.6 Å². The Hall–Kier alpha value is -2.44. The van der Waals surface area contributed by atoms with E-state index in [9.17, 15) is 14.4 Å². The number of pyridine rings is 1. The van der Waals surface area contributed by atoms with Crippen molar-refractivity contribution in [2.24, 2.45) is 0 Å². The first-order chi connectivity index (χ1) is 10.1. The first kappa shape index (κ1) is 17.6. The van der Waals surface area contributed by atoms with Gasteiger partial charge in [-0.2, -0.15) is 0 Å². The smallest absolute Gasteiger partial charge is 0.354 e. The Balaban J connectivity index is 2.64. The number of amides is 1. The standard InChI is InChI=1S/C15H20N2O5/c1-15(2,3)22-12(18)8-9-17(4)13(19)10-6-5-7-11(16-10)14(20)21/h5-7H,8-9H2,1-4H3,(H,20,21). The molecule has 0 aliphatic carbocycles. The second kappa shape index (κ2) is 7.02. The molecule has 0 aliphatic rings. The van der Waals surface area contributed by atoms with Crippen LogP contribution in [0.15, 0.2) is 18.2 Å². The molecule has 0 atom stereocenters. The quantitative estimate of drug-likeness (QED) is 0.830. The molecule has 1 aromatic heterocycles. The highest BCUT2D eigenvalue weighted by Crippen LogP contribution is 2.09. The lowest BCUT2D eigenvalue weighted by Gasteiger charge is -2.21. The molecule has 0 spiro atoms. The average molecular weight is 308 g/mol. The Morgan fingerprint density at radius 3 is 2.36 bits per heavy atom. The van der Waals surface area contributed by atoms with E-state index in [4.69, 9.17) is 9.84 Å². The van der Waals surface area contributed by atoms with Crippen LogP contribution in [-0.4, -0.2) is 52.0 Å². The summed E-state index contributed by atoms with van der Waals surface area (Å²) in [6, 6.07) is 4.18. The molecule has 1 aromatic rings. The summed E-state index contributed by atoms with van der Waals surface area (Å²) >= 11 is 0. The van der Waals surface area contributed by atoms with Gasteiger partial charge in [-0.25, -0.2) is 9.78 Å². The summed E-state index contributed by atoms with van der Waals surface area (Å²) in [5, 5.41) is 8.87. The number of aromatic carboxylic acids is 1. The van der Waals surface area contributed by atoms with Crippen LogP contribution in [0.25, 0.3) is 0 Å². The Kier molecular flexibility index (Phi) is 5.62. The number of carbonyl (C=O) groups is 3. The van der Waals surface area contributed by atoms with Crippen LogP contribution < -0.4 is 0 Å². The van der Waals surface area contributed by atoms with Crippen LogP contribution in [0.2, 0.25) is 0 Å². The molecule has 0 saturated carbocycles. The minimum atomic E-state index is -1.20. The van der Waals surface area contributed by atoms with Crippen LogP contribution in [0.3, 0.4) is 0 Å². The largest absolute Gasteiger partial charge is 0.477 e. The number of aromatic nitrogens is 1. The van der Waals surface area contributed by atoms with E-state index >= 15 is 0 Å². The molecule has 0 aromatic carbocycles. The van der Waals surface area contributed by atoms with Gasteiger partial charge in [-0.15, -0.1) is 0 Å². The zero-order valence-electron chi connectivity index (χ0n) is 13.1. The van der Waals surface area contributed by atoms with Gasteiger partial charge in [-0.05, 0) is 32.9 Å². The summed E-state index contributed by atoms with van der Waals surface area (Å²) in [7, 11) is 1.52. The van der Waals surface area contributed by atoms with Crippen molar-refractivity contribution < 1.29 is 24.2 Å². The van der Waals surface area contributed by atoms with Crippen molar-refractivity contribution >= 4 is 17.8 Å². The van der Waals surface area contributed by atoms with Crippen LogP contribution in [0, 0.1) is 0 Å². The third-order valence-electron chi connectivity index (χ3n) is 2.61. The van der Waals surface area contributed by atoms with Crippen molar-refractivity contribution in [3.63, 3.8) is 0 Å². The lowest BCUT2D eigenvalue weighted by atomic mass is 10.2. The molecule has 0 aliphatic heterocycles. The molecule has 0 radical (unpaired) electrons. The van der Waals surface area contributed by atoms with Gasteiger partial charge in [0.05, 0.1) is 6.42 Å². The van der Waals surface area contributed by atoms with E-state index in [1.165, 1.54) is 30.1 Å². The third-order valence-corrected chi connectivity index (χ3v) is 2.61. The van der Waals surface area contributed by atoms with E-state index in [1.54, 1.807) is 20.8 Å². The highest BCUT2D eigenvalue weighted by molar-refractivity contribution is 5.94. The Morgan fingerprint density at radius 1 is 1.23 bits per heavy atom. The van der Waals surface area contributed by atoms with Crippen molar-refractivity contribution in [2.45, 2.75) is 32.8 Å². The fourth-order valence-corrected chi connectivity index (χ4v) is 1.62. The van der Waals surface area contributed by atoms with Crippen LogP contribution in [-0.2, 0) is 9.53 Å². The lowest BCUT2D eigenvalue weighted by Crippen LogP contribution is -2.32. The summed E-state index contributed by atoms with van der Waals surface area (Å²) in [5.41, 5.74) is -0.755. The van der Waals surface area contributed by atoms with Gasteiger partial charge in [0, 0.05) is 13.6 Å². The van der Waals surface area contributed by atoms with Gasteiger partial charge in [0.2, 0.25) is 0 Å². The number of carboxylic acids is 1. The van der Waals surface area contributed by atoms with E-state index in [1.807, 2.05) is 0 Å². The monoisotopic (exact) mass is 308 g/mol. The molecule has 0 fully saturated rings. The Morgan fingerprint density at radius 2 is 1.82 bits per heavy atom. The molecule has 0 bridgehead atoms. The maximum absolute atomic E-state index is 12.1. The van der Waals surface area contributed by atoms with Gasteiger partial charge in [0.1, 0.15) is 17.0 Å². The van der Waals surface area contributed by atoms with Crippen LogP contribution in [0.5, 0.6) is 0 Å². The number of hydrogen-bond acceptors (Lipinski definition) is 5. The van der Waals surface area contributed by atoms with Crippen LogP contribution in [0.1, 0.15) is 48.2 Å². The van der Waals surface area contributed by atoms with Crippen LogP contribution >= 0.6 is 0 Å². The van der Waals surface area contributed by atoms with Gasteiger partial charge in [0.25, 0.3) is 5.91 Å². The van der Waals surface area contributed by atoms with Crippen molar-refractivity contribution in [1.82, 2.24) is 9.88 Å². The maximum Gasteiger partial charge on any atom is 0.354 e. The van der Waals surface area contributed by atoms with Crippen LogP contribution in [0.4, 0.5) is 0 Å². The van der Waals surface area contributed by atoms with E-state index < -0.39 is 23.4 Å². The molecule has 1 rings (SSSR count).